The number of ether oxygens (including phenoxy) is 1. The van der Waals surface area contributed by atoms with Crippen LogP contribution in [0, 0.1) is 24.9 Å². The van der Waals surface area contributed by atoms with Crippen molar-refractivity contribution in [2.75, 3.05) is 16.5 Å². The molecule has 33 heavy (non-hydrogen) atoms. The molecule has 1 aliphatic rings. The zero-order chi connectivity index (χ0) is 24.1. The highest BCUT2D eigenvalue weighted by atomic mass is 35.5. The summed E-state index contributed by atoms with van der Waals surface area (Å²) in [5.41, 5.74) is 2.09. The second kappa shape index (κ2) is 8.11. The van der Waals surface area contributed by atoms with E-state index in [9.17, 15) is 27.6 Å². The van der Waals surface area contributed by atoms with Crippen LogP contribution in [0.3, 0.4) is 0 Å². The Morgan fingerprint density at radius 2 is 1.73 bits per heavy atom. The summed E-state index contributed by atoms with van der Waals surface area (Å²) in [6.45, 7) is 3.14. The predicted octanol–water partition coefficient (Wildman–Crippen LogP) is 5.38. The largest absolute Gasteiger partial charge is 0.619 e. The smallest absolute Gasteiger partial charge is 0.573 e. The number of alkyl halides is 3. The highest BCUT2D eigenvalue weighted by molar-refractivity contribution is 6.31. The number of aromatic nitrogens is 1. The molecule has 172 valence electrons. The summed E-state index contributed by atoms with van der Waals surface area (Å²) in [5, 5.41) is 11.3. The number of benzene rings is 2. The topological polar surface area (TPSA) is 59.7 Å². The Bertz CT molecular complexity index is 1270. The quantitative estimate of drug-likeness (QED) is 0.286. The highest BCUT2D eigenvalue weighted by Gasteiger charge is 2.35. The van der Waals surface area contributed by atoms with Crippen molar-refractivity contribution in [1.82, 2.24) is 0 Å². The molecule has 0 unspecified atom stereocenters. The van der Waals surface area contributed by atoms with Crippen molar-refractivity contribution in [1.29, 1.82) is 0 Å². The summed E-state index contributed by atoms with van der Waals surface area (Å²) in [4.78, 5) is 16.2. The van der Waals surface area contributed by atoms with Crippen LogP contribution in [0.2, 0.25) is 5.02 Å². The first kappa shape index (κ1) is 22.7. The summed E-state index contributed by atoms with van der Waals surface area (Å²) in [5.74, 6) is -1.63. The van der Waals surface area contributed by atoms with Gasteiger partial charge in [-0.05, 0) is 49.7 Å². The van der Waals surface area contributed by atoms with Gasteiger partial charge in [-0.15, -0.1) is 13.2 Å². The standard InChI is InChI=1S/C22H16ClF4N3O3/c1-12-7-14(33-22(25,26)27)3-4-18(12)29-11-30(19-5-6-28(32)10-13(19)2)21(31)15-8-16(23)17(24)9-20(15)29/h3-10H,11H2,1-2H3. The van der Waals surface area contributed by atoms with E-state index < -0.39 is 23.8 Å². The zero-order valence-corrected chi connectivity index (χ0v) is 18.0. The summed E-state index contributed by atoms with van der Waals surface area (Å²) in [6, 6.07) is 7.51. The number of hydrogen-bond donors (Lipinski definition) is 0. The maximum atomic E-state index is 14.3. The normalized spacial score (nSPS) is 13.8. The minimum absolute atomic E-state index is 0.0864. The van der Waals surface area contributed by atoms with Gasteiger partial charge in [0, 0.05) is 17.3 Å². The minimum Gasteiger partial charge on any atom is -0.619 e. The van der Waals surface area contributed by atoms with E-state index in [0.29, 0.717) is 27.2 Å². The molecular weight excluding hydrogens is 466 g/mol. The molecule has 6 nitrogen and oxygen atoms in total. The Labute approximate surface area is 190 Å². The maximum absolute atomic E-state index is 14.3. The number of aryl methyl sites for hydroxylation is 2. The van der Waals surface area contributed by atoms with E-state index in [0.717, 1.165) is 12.1 Å². The molecule has 0 spiro atoms. The van der Waals surface area contributed by atoms with Crippen molar-refractivity contribution < 1.29 is 31.8 Å². The van der Waals surface area contributed by atoms with Crippen LogP contribution in [0.25, 0.3) is 0 Å². The van der Waals surface area contributed by atoms with E-state index in [2.05, 4.69) is 4.74 Å². The first-order valence-corrected chi connectivity index (χ1v) is 9.96. The molecule has 1 aromatic heterocycles. The maximum Gasteiger partial charge on any atom is 0.573 e. The molecule has 0 saturated heterocycles. The van der Waals surface area contributed by atoms with Crippen molar-refractivity contribution in [3.63, 3.8) is 0 Å². The van der Waals surface area contributed by atoms with E-state index in [4.69, 9.17) is 11.6 Å². The van der Waals surface area contributed by atoms with Crippen LogP contribution in [-0.2, 0) is 0 Å². The molecule has 2 heterocycles. The number of fused-ring (bicyclic) bond motifs is 1. The monoisotopic (exact) mass is 481 g/mol. The van der Waals surface area contributed by atoms with E-state index in [1.54, 1.807) is 18.7 Å². The first-order valence-electron chi connectivity index (χ1n) is 9.59. The van der Waals surface area contributed by atoms with Gasteiger partial charge in [-0.3, -0.25) is 9.69 Å². The Kier molecular flexibility index (Phi) is 5.57. The third-order valence-corrected chi connectivity index (χ3v) is 5.47. The van der Waals surface area contributed by atoms with E-state index in [-0.39, 0.29) is 22.9 Å². The fourth-order valence-electron chi connectivity index (χ4n) is 3.76. The minimum atomic E-state index is -4.85. The molecule has 0 saturated carbocycles. The van der Waals surface area contributed by atoms with Gasteiger partial charge in [0.1, 0.15) is 18.2 Å². The van der Waals surface area contributed by atoms with Gasteiger partial charge >= 0.3 is 6.36 Å². The van der Waals surface area contributed by atoms with Crippen LogP contribution in [0.15, 0.2) is 48.8 Å². The van der Waals surface area contributed by atoms with Crippen molar-refractivity contribution in [3.8, 4) is 5.75 Å². The van der Waals surface area contributed by atoms with Crippen LogP contribution < -0.4 is 19.3 Å². The van der Waals surface area contributed by atoms with Crippen LogP contribution in [-0.4, -0.2) is 18.9 Å². The lowest BCUT2D eigenvalue weighted by atomic mass is 10.0. The molecule has 3 aromatic rings. The third kappa shape index (κ3) is 4.38. The average molecular weight is 482 g/mol. The fraction of sp³-hybridized carbons (Fsp3) is 0.182. The first-order chi connectivity index (χ1) is 15.4. The van der Waals surface area contributed by atoms with Crippen molar-refractivity contribution in [3.05, 3.63) is 81.5 Å². The van der Waals surface area contributed by atoms with Gasteiger partial charge < -0.3 is 14.8 Å². The van der Waals surface area contributed by atoms with E-state index in [1.165, 1.54) is 41.6 Å². The summed E-state index contributed by atoms with van der Waals surface area (Å²) in [7, 11) is 0. The second-order valence-electron chi connectivity index (χ2n) is 7.46. The van der Waals surface area contributed by atoms with E-state index in [1.807, 2.05) is 0 Å². The number of nitrogens with zero attached hydrogens (tertiary/aromatic N) is 3. The van der Waals surface area contributed by atoms with E-state index >= 15 is 0 Å². The molecule has 0 N–H and O–H groups in total. The Balaban J connectivity index is 1.84. The number of carbonyl (C=O) groups excluding carboxylic acids is 1. The lowest BCUT2D eigenvalue weighted by Crippen LogP contribution is -2.46. The number of pyridine rings is 1. The summed E-state index contributed by atoms with van der Waals surface area (Å²) >= 11 is 5.93. The molecule has 11 heteroatoms. The van der Waals surface area contributed by atoms with Gasteiger partial charge in [0.05, 0.1) is 22.0 Å². The zero-order valence-electron chi connectivity index (χ0n) is 17.3. The van der Waals surface area contributed by atoms with Gasteiger partial charge in [-0.25, -0.2) is 4.39 Å². The fourth-order valence-corrected chi connectivity index (χ4v) is 3.92. The molecule has 0 radical (unpaired) electrons. The molecule has 4 rings (SSSR count). The Hall–Kier alpha value is -3.53. The van der Waals surface area contributed by atoms with Gasteiger partial charge in [0.25, 0.3) is 5.91 Å². The van der Waals surface area contributed by atoms with Gasteiger partial charge in [0.15, 0.2) is 12.4 Å². The van der Waals surface area contributed by atoms with Crippen molar-refractivity contribution >= 4 is 34.6 Å². The lowest BCUT2D eigenvalue weighted by molar-refractivity contribution is -0.605. The third-order valence-electron chi connectivity index (χ3n) is 5.18. The number of amides is 1. The molecule has 1 amide bonds. The number of rotatable bonds is 3. The lowest BCUT2D eigenvalue weighted by Gasteiger charge is -2.39. The molecular formula is C22H16ClF4N3O3. The van der Waals surface area contributed by atoms with Crippen LogP contribution in [0.5, 0.6) is 5.75 Å². The number of halogens is 5. The number of hydrogen-bond acceptors (Lipinski definition) is 4. The van der Waals surface area contributed by atoms with Crippen molar-refractivity contribution in [2.45, 2.75) is 20.2 Å². The van der Waals surface area contributed by atoms with Gasteiger partial charge in [-0.1, -0.05) is 11.6 Å². The molecule has 1 aliphatic heterocycles. The SMILES string of the molecule is Cc1c[n+]([O-])ccc1N1CN(c2ccc(OC(F)(F)F)cc2C)c2cc(F)c(Cl)cc2C1=O. The number of carbonyl (C=O) groups is 1. The highest BCUT2D eigenvalue weighted by Crippen LogP contribution is 2.40. The summed E-state index contributed by atoms with van der Waals surface area (Å²) < 4.78 is 56.7. The predicted molar refractivity (Wildman–Crippen MR) is 113 cm³/mol. The Morgan fingerprint density at radius 3 is 2.36 bits per heavy atom. The Morgan fingerprint density at radius 1 is 1.03 bits per heavy atom. The molecule has 2 aromatic carbocycles. The molecule has 0 aliphatic carbocycles. The van der Waals surface area contributed by atoms with Gasteiger partial charge in [-0.2, -0.15) is 4.73 Å². The second-order valence-corrected chi connectivity index (χ2v) is 7.86. The molecule has 0 bridgehead atoms. The van der Waals surface area contributed by atoms with Crippen LogP contribution in [0.4, 0.5) is 34.6 Å². The average Bonchev–Trinajstić information content (AvgIpc) is 2.70. The summed E-state index contributed by atoms with van der Waals surface area (Å²) in [6.07, 6.45) is -2.31. The van der Waals surface area contributed by atoms with Crippen LogP contribution >= 0.6 is 11.6 Å². The van der Waals surface area contributed by atoms with Gasteiger partial charge in [0.2, 0.25) is 0 Å². The van der Waals surface area contributed by atoms with Crippen LogP contribution in [0.1, 0.15) is 21.5 Å². The molecule has 0 atom stereocenters. The number of anilines is 3. The molecule has 0 fully saturated rings. The van der Waals surface area contributed by atoms with Crippen molar-refractivity contribution in [2.24, 2.45) is 0 Å².